The van der Waals surface area contributed by atoms with Crippen LogP contribution in [0.1, 0.15) is 18.5 Å². The number of hydrogen-bond donors (Lipinski definition) is 1. The van der Waals surface area contributed by atoms with E-state index < -0.39 is 5.67 Å². The highest BCUT2D eigenvalue weighted by atomic mass is 32.1. The number of methoxy groups -OCH3 is 1. The highest BCUT2D eigenvalue weighted by molar-refractivity contribution is 7.15. The SMILES string of the molecule is COCC(F)(CCCN)Cc1cn2ccsc2n1. The quantitative estimate of drug-likeness (QED) is 0.838. The van der Waals surface area contributed by atoms with Crippen LogP contribution in [0.15, 0.2) is 17.8 Å². The molecule has 6 heteroatoms. The zero-order valence-electron chi connectivity index (χ0n) is 10.4. The summed E-state index contributed by atoms with van der Waals surface area (Å²) >= 11 is 1.54. The molecule has 4 nitrogen and oxygen atoms in total. The molecule has 0 saturated carbocycles. The lowest BCUT2D eigenvalue weighted by atomic mass is 9.95. The third-order valence-corrected chi connectivity index (χ3v) is 3.64. The summed E-state index contributed by atoms with van der Waals surface area (Å²) in [6.07, 6.45) is 5.13. The van der Waals surface area contributed by atoms with Crippen LogP contribution in [0.5, 0.6) is 0 Å². The lowest BCUT2D eigenvalue weighted by Crippen LogP contribution is -2.32. The van der Waals surface area contributed by atoms with Crippen molar-refractivity contribution in [3.63, 3.8) is 0 Å². The normalized spacial score (nSPS) is 15.1. The molecule has 2 aromatic rings. The second-order valence-corrected chi connectivity index (χ2v) is 5.35. The summed E-state index contributed by atoms with van der Waals surface area (Å²) in [5.74, 6) is 0. The van der Waals surface area contributed by atoms with Crippen molar-refractivity contribution in [1.29, 1.82) is 0 Å². The van der Waals surface area contributed by atoms with Crippen LogP contribution >= 0.6 is 11.3 Å². The number of thiazole rings is 1. The Kier molecular flexibility index (Phi) is 4.31. The van der Waals surface area contributed by atoms with Crippen molar-refractivity contribution in [3.05, 3.63) is 23.5 Å². The molecule has 2 aromatic heterocycles. The Morgan fingerprint density at radius 3 is 3.11 bits per heavy atom. The molecule has 0 spiro atoms. The second-order valence-electron chi connectivity index (χ2n) is 4.48. The highest BCUT2D eigenvalue weighted by Gasteiger charge is 2.30. The predicted molar refractivity (Wildman–Crippen MR) is 70.8 cm³/mol. The van der Waals surface area contributed by atoms with E-state index in [1.54, 1.807) is 11.3 Å². The third kappa shape index (κ3) is 3.07. The van der Waals surface area contributed by atoms with Gasteiger partial charge in [0.25, 0.3) is 0 Å². The summed E-state index contributed by atoms with van der Waals surface area (Å²) in [6, 6.07) is 0. The second kappa shape index (κ2) is 5.77. The predicted octanol–water partition coefficient (Wildman–Crippen LogP) is 2.03. The van der Waals surface area contributed by atoms with E-state index >= 15 is 0 Å². The van der Waals surface area contributed by atoms with Gasteiger partial charge in [0.2, 0.25) is 0 Å². The van der Waals surface area contributed by atoms with Crippen LogP contribution in [0, 0.1) is 0 Å². The Morgan fingerprint density at radius 2 is 2.44 bits per heavy atom. The molecular formula is C12H18FN3OS. The smallest absolute Gasteiger partial charge is 0.193 e. The van der Waals surface area contributed by atoms with E-state index in [9.17, 15) is 4.39 Å². The molecular weight excluding hydrogens is 253 g/mol. The summed E-state index contributed by atoms with van der Waals surface area (Å²) in [5.41, 5.74) is 4.83. The molecule has 0 aliphatic heterocycles. The van der Waals surface area contributed by atoms with Gasteiger partial charge in [0, 0.05) is 31.3 Å². The van der Waals surface area contributed by atoms with Gasteiger partial charge < -0.3 is 10.5 Å². The fourth-order valence-electron chi connectivity index (χ4n) is 2.07. The first-order valence-electron chi connectivity index (χ1n) is 5.96. The number of nitrogens with two attached hydrogens (primary N) is 1. The number of imidazole rings is 1. The molecule has 0 aromatic carbocycles. The van der Waals surface area contributed by atoms with E-state index in [1.807, 2.05) is 22.2 Å². The van der Waals surface area contributed by atoms with Crippen LogP contribution in [-0.4, -0.2) is 35.3 Å². The van der Waals surface area contributed by atoms with Gasteiger partial charge in [-0.3, -0.25) is 4.40 Å². The van der Waals surface area contributed by atoms with Gasteiger partial charge in [-0.1, -0.05) is 0 Å². The zero-order chi connectivity index (χ0) is 13.0. The van der Waals surface area contributed by atoms with E-state index in [4.69, 9.17) is 10.5 Å². The van der Waals surface area contributed by atoms with Gasteiger partial charge in [0.1, 0.15) is 5.67 Å². The molecule has 1 unspecified atom stereocenters. The minimum absolute atomic E-state index is 0.0815. The maximum atomic E-state index is 14.7. The average Bonchev–Trinajstić information content (AvgIpc) is 2.87. The number of aromatic nitrogens is 2. The van der Waals surface area contributed by atoms with Crippen LogP contribution in [0.25, 0.3) is 4.96 Å². The van der Waals surface area contributed by atoms with Crippen LogP contribution < -0.4 is 5.73 Å². The molecule has 0 aliphatic carbocycles. The molecule has 18 heavy (non-hydrogen) atoms. The Hall–Kier alpha value is -0.980. The summed E-state index contributed by atoms with van der Waals surface area (Å²) < 4.78 is 21.6. The van der Waals surface area contributed by atoms with Crippen LogP contribution in [0.4, 0.5) is 4.39 Å². The minimum Gasteiger partial charge on any atom is -0.381 e. The van der Waals surface area contributed by atoms with Gasteiger partial charge in [0.15, 0.2) is 4.96 Å². The summed E-state index contributed by atoms with van der Waals surface area (Å²) in [4.78, 5) is 5.29. The molecule has 0 amide bonds. The fraction of sp³-hybridized carbons (Fsp3) is 0.583. The van der Waals surface area contributed by atoms with Crippen molar-refractivity contribution in [2.45, 2.75) is 24.9 Å². The summed E-state index contributed by atoms with van der Waals surface area (Å²) in [5, 5.41) is 1.96. The van der Waals surface area contributed by atoms with Crippen molar-refractivity contribution in [2.24, 2.45) is 5.73 Å². The van der Waals surface area contributed by atoms with Crippen molar-refractivity contribution < 1.29 is 9.13 Å². The van der Waals surface area contributed by atoms with Gasteiger partial charge in [-0.25, -0.2) is 9.37 Å². The molecule has 2 rings (SSSR count). The molecule has 0 bridgehead atoms. The number of rotatable bonds is 7. The van der Waals surface area contributed by atoms with Gasteiger partial charge in [-0.15, -0.1) is 11.3 Å². The third-order valence-electron chi connectivity index (χ3n) is 2.87. The fourth-order valence-corrected chi connectivity index (χ4v) is 2.79. The Morgan fingerprint density at radius 1 is 1.61 bits per heavy atom. The van der Waals surface area contributed by atoms with Crippen molar-refractivity contribution in [3.8, 4) is 0 Å². The van der Waals surface area contributed by atoms with Gasteiger partial charge in [-0.05, 0) is 19.4 Å². The Bertz CT molecular complexity index is 470. The Balaban J connectivity index is 2.09. The number of fused-ring (bicyclic) bond motifs is 1. The molecule has 0 saturated heterocycles. The van der Waals surface area contributed by atoms with Gasteiger partial charge in [0.05, 0.1) is 12.3 Å². The lowest BCUT2D eigenvalue weighted by Gasteiger charge is -2.23. The maximum absolute atomic E-state index is 14.7. The largest absolute Gasteiger partial charge is 0.381 e. The van der Waals surface area contributed by atoms with Crippen LogP contribution in [0.2, 0.25) is 0 Å². The molecule has 0 aliphatic rings. The highest BCUT2D eigenvalue weighted by Crippen LogP contribution is 2.24. The van der Waals surface area contributed by atoms with Crippen molar-refractivity contribution >= 4 is 16.3 Å². The van der Waals surface area contributed by atoms with Crippen LogP contribution in [0.3, 0.4) is 0 Å². The first-order valence-corrected chi connectivity index (χ1v) is 6.84. The average molecular weight is 271 g/mol. The molecule has 0 radical (unpaired) electrons. The zero-order valence-corrected chi connectivity index (χ0v) is 11.3. The van der Waals surface area contributed by atoms with Crippen molar-refractivity contribution in [1.82, 2.24) is 9.38 Å². The molecule has 2 heterocycles. The first-order chi connectivity index (χ1) is 8.67. The number of hydrogen-bond acceptors (Lipinski definition) is 4. The molecule has 1 atom stereocenters. The minimum atomic E-state index is -1.38. The topological polar surface area (TPSA) is 52.5 Å². The van der Waals surface area contributed by atoms with E-state index in [0.29, 0.717) is 19.4 Å². The molecule has 0 fully saturated rings. The van der Waals surface area contributed by atoms with Crippen LogP contribution in [-0.2, 0) is 11.2 Å². The molecule has 2 N–H and O–H groups in total. The summed E-state index contributed by atoms with van der Waals surface area (Å²) in [6.45, 7) is 0.575. The summed E-state index contributed by atoms with van der Waals surface area (Å²) in [7, 11) is 1.52. The number of nitrogens with zero attached hydrogens (tertiary/aromatic N) is 2. The number of ether oxygens (including phenoxy) is 1. The first kappa shape index (κ1) is 13.5. The molecule has 100 valence electrons. The van der Waals surface area contributed by atoms with E-state index in [1.165, 1.54) is 7.11 Å². The number of halogens is 1. The van der Waals surface area contributed by atoms with E-state index in [2.05, 4.69) is 4.98 Å². The van der Waals surface area contributed by atoms with E-state index in [0.717, 1.165) is 10.7 Å². The standard InChI is InChI=1S/C12H18FN3OS/c1-17-9-12(13,3-2-4-14)7-10-8-16-5-6-18-11(16)15-10/h5-6,8H,2-4,7,9,14H2,1H3. The maximum Gasteiger partial charge on any atom is 0.193 e. The van der Waals surface area contributed by atoms with Crippen molar-refractivity contribution in [2.75, 3.05) is 20.3 Å². The van der Waals surface area contributed by atoms with Gasteiger partial charge in [-0.2, -0.15) is 0 Å². The van der Waals surface area contributed by atoms with E-state index in [-0.39, 0.29) is 13.0 Å². The van der Waals surface area contributed by atoms with Gasteiger partial charge >= 0.3 is 0 Å². The number of alkyl halides is 1. The monoisotopic (exact) mass is 271 g/mol. The Labute approximate surface area is 110 Å². The lowest BCUT2D eigenvalue weighted by molar-refractivity contribution is 0.0328.